The highest BCUT2D eigenvalue weighted by molar-refractivity contribution is 5.75. The van der Waals surface area contributed by atoms with Gasteiger partial charge in [-0.15, -0.1) is 0 Å². The van der Waals surface area contributed by atoms with Crippen LogP contribution in [-0.4, -0.2) is 35.1 Å². The summed E-state index contributed by atoms with van der Waals surface area (Å²) in [4.78, 5) is 22.3. The molecule has 0 unspecified atom stereocenters. The van der Waals surface area contributed by atoms with E-state index in [1.165, 1.54) is 0 Å². The predicted octanol–water partition coefficient (Wildman–Crippen LogP) is 1.63. The molecular weight excluding hydrogens is 230 g/mol. The summed E-state index contributed by atoms with van der Waals surface area (Å²) in [5.74, 6) is 1.37. The number of rotatable bonds is 5. The van der Waals surface area contributed by atoms with Gasteiger partial charge in [0, 0.05) is 17.8 Å². The average molecular weight is 249 g/mol. The van der Waals surface area contributed by atoms with Crippen molar-refractivity contribution in [3.8, 4) is 0 Å². The summed E-state index contributed by atoms with van der Waals surface area (Å²) in [6, 6.07) is 2.34. The van der Waals surface area contributed by atoms with Gasteiger partial charge in [0.05, 0.1) is 6.61 Å². The third-order valence-electron chi connectivity index (χ3n) is 2.84. The first kappa shape index (κ1) is 12.8. The number of esters is 1. The number of aryl methyl sites for hydroxylation is 2. The zero-order valence-corrected chi connectivity index (χ0v) is 11.1. The first-order chi connectivity index (χ1) is 8.60. The van der Waals surface area contributed by atoms with Gasteiger partial charge in [-0.05, 0) is 33.6 Å². The highest BCUT2D eigenvalue weighted by Crippen LogP contribution is 2.30. The molecule has 0 amide bonds. The molecule has 5 heteroatoms. The maximum Gasteiger partial charge on any atom is 0.325 e. The number of nitrogens with zero attached hydrogens (tertiary/aromatic N) is 3. The third-order valence-corrected chi connectivity index (χ3v) is 2.84. The van der Waals surface area contributed by atoms with E-state index in [9.17, 15) is 4.79 Å². The Morgan fingerprint density at radius 1 is 1.44 bits per heavy atom. The summed E-state index contributed by atoms with van der Waals surface area (Å²) in [6.07, 6.45) is 2.23. The Morgan fingerprint density at radius 2 is 2.17 bits per heavy atom. The van der Waals surface area contributed by atoms with E-state index in [0.29, 0.717) is 12.6 Å². The largest absolute Gasteiger partial charge is 0.465 e. The molecule has 0 aromatic carbocycles. The molecule has 0 radical (unpaired) electrons. The van der Waals surface area contributed by atoms with E-state index in [4.69, 9.17) is 4.74 Å². The molecule has 1 aromatic heterocycles. The van der Waals surface area contributed by atoms with Crippen molar-refractivity contribution in [3.63, 3.8) is 0 Å². The minimum Gasteiger partial charge on any atom is -0.465 e. The average Bonchev–Trinajstić information content (AvgIpc) is 3.08. The maximum atomic E-state index is 11.6. The lowest BCUT2D eigenvalue weighted by Crippen LogP contribution is -2.33. The topological polar surface area (TPSA) is 55.3 Å². The van der Waals surface area contributed by atoms with E-state index >= 15 is 0 Å². The van der Waals surface area contributed by atoms with Gasteiger partial charge in [-0.3, -0.25) is 4.79 Å². The van der Waals surface area contributed by atoms with Crippen LogP contribution in [0.1, 0.15) is 31.3 Å². The molecular formula is C13H19N3O2. The van der Waals surface area contributed by atoms with Crippen LogP contribution in [-0.2, 0) is 9.53 Å². The van der Waals surface area contributed by atoms with E-state index < -0.39 is 0 Å². The molecule has 1 aromatic rings. The van der Waals surface area contributed by atoms with Crippen LogP contribution < -0.4 is 4.90 Å². The minimum atomic E-state index is -0.196. The second-order valence-corrected chi connectivity index (χ2v) is 4.58. The molecule has 0 aliphatic heterocycles. The fourth-order valence-corrected chi connectivity index (χ4v) is 1.97. The van der Waals surface area contributed by atoms with Crippen molar-refractivity contribution in [2.24, 2.45) is 0 Å². The SMILES string of the molecule is CCOC(=O)CN(c1cc(C)nc(C)n1)C1CC1. The molecule has 1 saturated carbocycles. The first-order valence-electron chi connectivity index (χ1n) is 6.34. The second-order valence-electron chi connectivity index (χ2n) is 4.58. The molecule has 1 aliphatic carbocycles. The van der Waals surface area contributed by atoms with Crippen LogP contribution in [0.5, 0.6) is 0 Å². The van der Waals surface area contributed by atoms with Gasteiger partial charge in [0.1, 0.15) is 18.2 Å². The number of aromatic nitrogens is 2. The lowest BCUT2D eigenvalue weighted by atomic mass is 10.3. The Kier molecular flexibility index (Phi) is 3.79. The van der Waals surface area contributed by atoms with Crippen LogP contribution >= 0.6 is 0 Å². The van der Waals surface area contributed by atoms with Crippen molar-refractivity contribution in [2.75, 3.05) is 18.1 Å². The molecule has 0 N–H and O–H groups in total. The summed E-state index contributed by atoms with van der Waals surface area (Å²) in [5.41, 5.74) is 0.923. The lowest BCUT2D eigenvalue weighted by Gasteiger charge is -2.22. The summed E-state index contributed by atoms with van der Waals surface area (Å²) in [7, 11) is 0. The molecule has 0 spiro atoms. The monoisotopic (exact) mass is 249 g/mol. The van der Waals surface area contributed by atoms with Crippen LogP contribution in [0.2, 0.25) is 0 Å². The van der Waals surface area contributed by atoms with Gasteiger partial charge < -0.3 is 9.64 Å². The van der Waals surface area contributed by atoms with Crippen molar-refractivity contribution in [1.82, 2.24) is 9.97 Å². The van der Waals surface area contributed by atoms with Gasteiger partial charge >= 0.3 is 5.97 Å². The van der Waals surface area contributed by atoms with Crippen LogP contribution in [0.25, 0.3) is 0 Å². The molecule has 0 atom stereocenters. The third kappa shape index (κ3) is 3.18. The predicted molar refractivity (Wildman–Crippen MR) is 68.5 cm³/mol. The molecule has 2 rings (SSSR count). The Hall–Kier alpha value is -1.65. The van der Waals surface area contributed by atoms with E-state index in [2.05, 4.69) is 9.97 Å². The van der Waals surface area contributed by atoms with Gasteiger partial charge in [-0.1, -0.05) is 0 Å². The maximum absolute atomic E-state index is 11.6. The van der Waals surface area contributed by atoms with E-state index in [1.54, 1.807) is 0 Å². The molecule has 18 heavy (non-hydrogen) atoms. The smallest absolute Gasteiger partial charge is 0.325 e. The molecule has 1 aliphatic rings. The number of anilines is 1. The molecule has 98 valence electrons. The molecule has 0 saturated heterocycles. The quantitative estimate of drug-likeness (QED) is 0.742. The summed E-state index contributed by atoms with van der Waals surface area (Å²) >= 11 is 0. The number of ether oxygens (including phenoxy) is 1. The summed E-state index contributed by atoms with van der Waals surface area (Å²) < 4.78 is 5.01. The van der Waals surface area contributed by atoms with Crippen LogP contribution in [0.4, 0.5) is 5.82 Å². The number of carbonyl (C=O) groups excluding carboxylic acids is 1. The van der Waals surface area contributed by atoms with E-state index in [0.717, 1.165) is 30.2 Å². The highest BCUT2D eigenvalue weighted by Gasteiger charge is 2.32. The van der Waals surface area contributed by atoms with Crippen molar-refractivity contribution in [1.29, 1.82) is 0 Å². The lowest BCUT2D eigenvalue weighted by molar-refractivity contribution is -0.141. The molecule has 5 nitrogen and oxygen atoms in total. The Bertz CT molecular complexity index is 424. The van der Waals surface area contributed by atoms with Crippen molar-refractivity contribution >= 4 is 11.8 Å². The van der Waals surface area contributed by atoms with Gasteiger partial charge in [0.2, 0.25) is 0 Å². The van der Waals surface area contributed by atoms with Crippen LogP contribution in [0.3, 0.4) is 0 Å². The van der Waals surface area contributed by atoms with Gasteiger partial charge in [0.15, 0.2) is 0 Å². The minimum absolute atomic E-state index is 0.196. The fourth-order valence-electron chi connectivity index (χ4n) is 1.97. The normalized spacial score (nSPS) is 14.4. The van der Waals surface area contributed by atoms with Crippen LogP contribution in [0, 0.1) is 13.8 Å². The van der Waals surface area contributed by atoms with Crippen molar-refractivity contribution in [2.45, 2.75) is 39.7 Å². The van der Waals surface area contributed by atoms with Gasteiger partial charge in [-0.2, -0.15) is 0 Å². The fraction of sp³-hybridized carbons (Fsp3) is 0.615. The molecule has 1 heterocycles. The van der Waals surface area contributed by atoms with E-state index in [1.807, 2.05) is 31.7 Å². The van der Waals surface area contributed by atoms with Crippen LogP contribution in [0.15, 0.2) is 6.07 Å². The number of carbonyl (C=O) groups is 1. The summed E-state index contributed by atoms with van der Waals surface area (Å²) in [5, 5.41) is 0. The van der Waals surface area contributed by atoms with E-state index in [-0.39, 0.29) is 12.5 Å². The zero-order valence-electron chi connectivity index (χ0n) is 11.1. The van der Waals surface area contributed by atoms with Gasteiger partial charge in [0.25, 0.3) is 0 Å². The first-order valence-corrected chi connectivity index (χ1v) is 6.34. The second kappa shape index (κ2) is 5.33. The Balaban J connectivity index is 2.16. The zero-order chi connectivity index (χ0) is 13.1. The Labute approximate surface area is 107 Å². The van der Waals surface area contributed by atoms with Crippen molar-refractivity contribution in [3.05, 3.63) is 17.6 Å². The number of hydrogen-bond donors (Lipinski definition) is 0. The standard InChI is InChI=1S/C13H19N3O2/c1-4-18-13(17)8-16(11-5-6-11)12-7-9(2)14-10(3)15-12/h7,11H,4-6,8H2,1-3H3. The summed E-state index contributed by atoms with van der Waals surface area (Å²) in [6.45, 7) is 6.31. The van der Waals surface area contributed by atoms with Crippen molar-refractivity contribution < 1.29 is 9.53 Å². The highest BCUT2D eigenvalue weighted by atomic mass is 16.5. The molecule has 0 bridgehead atoms. The molecule has 1 fully saturated rings. The van der Waals surface area contributed by atoms with Gasteiger partial charge in [-0.25, -0.2) is 9.97 Å². The Morgan fingerprint density at radius 3 is 2.72 bits per heavy atom. The number of hydrogen-bond acceptors (Lipinski definition) is 5.